The third kappa shape index (κ3) is 2.68. The Kier molecular flexibility index (Phi) is 3.82. The highest BCUT2D eigenvalue weighted by molar-refractivity contribution is 9.10. The molecular formula is C13H17BrN2O. The number of rotatable bonds is 1. The molecular weight excluding hydrogens is 280 g/mol. The van der Waals surface area contributed by atoms with E-state index < -0.39 is 0 Å². The molecule has 4 heteroatoms. The zero-order chi connectivity index (χ0) is 12.4. The number of piperidine rings is 1. The number of likely N-dealkylation sites (tertiary alicyclic amines) is 1. The van der Waals surface area contributed by atoms with Crippen molar-refractivity contribution in [1.29, 1.82) is 0 Å². The highest BCUT2D eigenvalue weighted by atomic mass is 79.9. The van der Waals surface area contributed by atoms with Crippen LogP contribution >= 0.6 is 15.9 Å². The van der Waals surface area contributed by atoms with Crippen molar-refractivity contribution in [3.05, 3.63) is 28.5 Å². The molecule has 2 heterocycles. The summed E-state index contributed by atoms with van der Waals surface area (Å²) in [6.45, 7) is 4.26. The number of carbonyl (C=O) groups is 1. The standard InChI is InChI=1S/C13H17BrN2O/c1-9-4-3-5-10(2)16(9)13(17)11-6-7-15-12(14)8-11/h6-10H,3-5H2,1-2H3. The first-order valence-electron chi connectivity index (χ1n) is 6.04. The molecule has 0 radical (unpaired) electrons. The Labute approximate surface area is 110 Å². The predicted molar refractivity (Wildman–Crippen MR) is 70.9 cm³/mol. The van der Waals surface area contributed by atoms with Crippen LogP contribution in [0.5, 0.6) is 0 Å². The molecule has 1 aromatic heterocycles. The number of halogens is 1. The van der Waals surface area contributed by atoms with Gasteiger partial charge in [0.15, 0.2) is 0 Å². The predicted octanol–water partition coefficient (Wildman–Crippen LogP) is 3.25. The van der Waals surface area contributed by atoms with Crippen molar-refractivity contribution in [1.82, 2.24) is 9.88 Å². The van der Waals surface area contributed by atoms with Crippen LogP contribution in [-0.4, -0.2) is 27.9 Å². The average molecular weight is 297 g/mol. The summed E-state index contributed by atoms with van der Waals surface area (Å²) < 4.78 is 0.709. The maximum absolute atomic E-state index is 12.5. The first kappa shape index (κ1) is 12.6. The zero-order valence-electron chi connectivity index (χ0n) is 10.2. The van der Waals surface area contributed by atoms with E-state index in [0.717, 1.165) is 12.8 Å². The van der Waals surface area contributed by atoms with Crippen LogP contribution in [0.3, 0.4) is 0 Å². The van der Waals surface area contributed by atoms with E-state index in [2.05, 4.69) is 34.8 Å². The van der Waals surface area contributed by atoms with Crippen molar-refractivity contribution in [2.75, 3.05) is 0 Å². The molecule has 1 aliphatic rings. The minimum Gasteiger partial charge on any atom is -0.333 e. The molecule has 1 amide bonds. The van der Waals surface area contributed by atoms with Crippen LogP contribution in [0.25, 0.3) is 0 Å². The number of aromatic nitrogens is 1. The summed E-state index contributed by atoms with van der Waals surface area (Å²) in [5, 5.41) is 0. The van der Waals surface area contributed by atoms with E-state index in [9.17, 15) is 4.79 Å². The number of amides is 1. The summed E-state index contributed by atoms with van der Waals surface area (Å²) in [7, 11) is 0. The second-order valence-electron chi connectivity index (χ2n) is 4.71. The largest absolute Gasteiger partial charge is 0.333 e. The van der Waals surface area contributed by atoms with E-state index >= 15 is 0 Å². The van der Waals surface area contributed by atoms with Gasteiger partial charge in [-0.3, -0.25) is 4.79 Å². The van der Waals surface area contributed by atoms with Crippen molar-refractivity contribution in [3.63, 3.8) is 0 Å². The quantitative estimate of drug-likeness (QED) is 0.746. The Morgan fingerprint density at radius 1 is 1.41 bits per heavy atom. The molecule has 1 saturated heterocycles. The lowest BCUT2D eigenvalue weighted by Gasteiger charge is -2.39. The molecule has 1 fully saturated rings. The van der Waals surface area contributed by atoms with E-state index in [1.807, 2.05) is 4.90 Å². The molecule has 17 heavy (non-hydrogen) atoms. The minimum absolute atomic E-state index is 0.118. The van der Waals surface area contributed by atoms with Gasteiger partial charge in [-0.1, -0.05) is 0 Å². The fourth-order valence-electron chi connectivity index (χ4n) is 2.51. The Hall–Kier alpha value is -0.900. The lowest BCUT2D eigenvalue weighted by atomic mass is 9.96. The summed E-state index contributed by atoms with van der Waals surface area (Å²) in [6, 6.07) is 4.23. The van der Waals surface area contributed by atoms with Crippen molar-refractivity contribution < 1.29 is 4.79 Å². The number of hydrogen-bond acceptors (Lipinski definition) is 2. The van der Waals surface area contributed by atoms with Crippen LogP contribution in [0.2, 0.25) is 0 Å². The van der Waals surface area contributed by atoms with Crippen LogP contribution in [0.1, 0.15) is 43.5 Å². The van der Waals surface area contributed by atoms with Gasteiger partial charge in [-0.15, -0.1) is 0 Å². The van der Waals surface area contributed by atoms with Gasteiger partial charge in [0.2, 0.25) is 0 Å². The van der Waals surface area contributed by atoms with Gasteiger partial charge in [0.05, 0.1) is 0 Å². The normalized spacial score (nSPS) is 24.8. The van der Waals surface area contributed by atoms with Crippen LogP contribution < -0.4 is 0 Å². The first-order valence-corrected chi connectivity index (χ1v) is 6.83. The summed E-state index contributed by atoms with van der Waals surface area (Å²) >= 11 is 3.30. The third-order valence-electron chi connectivity index (χ3n) is 3.40. The van der Waals surface area contributed by atoms with Crippen molar-refractivity contribution in [2.24, 2.45) is 0 Å². The lowest BCUT2D eigenvalue weighted by Crippen LogP contribution is -2.47. The number of hydrogen-bond donors (Lipinski definition) is 0. The molecule has 1 aliphatic heterocycles. The highest BCUT2D eigenvalue weighted by Crippen LogP contribution is 2.24. The van der Waals surface area contributed by atoms with Crippen molar-refractivity contribution in [3.8, 4) is 0 Å². The van der Waals surface area contributed by atoms with Gasteiger partial charge in [0.1, 0.15) is 4.60 Å². The smallest absolute Gasteiger partial charge is 0.254 e. The van der Waals surface area contributed by atoms with Crippen LogP contribution in [0, 0.1) is 0 Å². The molecule has 2 rings (SSSR count). The van der Waals surface area contributed by atoms with E-state index in [1.165, 1.54) is 6.42 Å². The number of carbonyl (C=O) groups excluding carboxylic acids is 1. The SMILES string of the molecule is CC1CCCC(C)N1C(=O)c1ccnc(Br)c1. The topological polar surface area (TPSA) is 33.2 Å². The molecule has 0 saturated carbocycles. The lowest BCUT2D eigenvalue weighted by molar-refractivity contribution is 0.0510. The molecule has 0 aromatic carbocycles. The first-order chi connectivity index (χ1) is 8.09. The van der Waals surface area contributed by atoms with Gasteiger partial charge in [-0.2, -0.15) is 0 Å². The van der Waals surface area contributed by atoms with Crippen LogP contribution in [0.4, 0.5) is 0 Å². The Morgan fingerprint density at radius 2 is 2.06 bits per heavy atom. The molecule has 3 nitrogen and oxygen atoms in total. The second kappa shape index (κ2) is 5.17. The van der Waals surface area contributed by atoms with Crippen molar-refractivity contribution in [2.45, 2.75) is 45.2 Å². The number of pyridine rings is 1. The Morgan fingerprint density at radius 3 is 2.65 bits per heavy atom. The summed E-state index contributed by atoms with van der Waals surface area (Å²) in [6.07, 6.45) is 5.08. The molecule has 0 aliphatic carbocycles. The van der Waals surface area contributed by atoms with Gasteiger partial charge < -0.3 is 4.90 Å². The number of nitrogens with zero attached hydrogens (tertiary/aromatic N) is 2. The maximum Gasteiger partial charge on any atom is 0.254 e. The molecule has 92 valence electrons. The van der Waals surface area contributed by atoms with Gasteiger partial charge >= 0.3 is 0 Å². The highest BCUT2D eigenvalue weighted by Gasteiger charge is 2.29. The molecule has 0 bridgehead atoms. The minimum atomic E-state index is 0.118. The van der Waals surface area contributed by atoms with Gasteiger partial charge in [0.25, 0.3) is 5.91 Å². The Bertz CT molecular complexity index is 412. The van der Waals surface area contributed by atoms with Crippen LogP contribution in [0.15, 0.2) is 22.9 Å². The summed E-state index contributed by atoms with van der Waals surface area (Å²) in [5.74, 6) is 0.118. The monoisotopic (exact) mass is 296 g/mol. The summed E-state index contributed by atoms with van der Waals surface area (Å²) in [5.41, 5.74) is 0.715. The Balaban J connectivity index is 2.24. The molecule has 2 unspecified atom stereocenters. The fraction of sp³-hybridized carbons (Fsp3) is 0.538. The maximum atomic E-state index is 12.5. The van der Waals surface area contributed by atoms with Gasteiger partial charge in [-0.05, 0) is 61.2 Å². The molecule has 2 atom stereocenters. The second-order valence-corrected chi connectivity index (χ2v) is 5.52. The van der Waals surface area contributed by atoms with E-state index in [-0.39, 0.29) is 5.91 Å². The van der Waals surface area contributed by atoms with E-state index in [1.54, 1.807) is 18.3 Å². The zero-order valence-corrected chi connectivity index (χ0v) is 11.8. The van der Waals surface area contributed by atoms with Gasteiger partial charge in [0, 0.05) is 23.8 Å². The van der Waals surface area contributed by atoms with Gasteiger partial charge in [-0.25, -0.2) is 4.98 Å². The molecule has 1 aromatic rings. The van der Waals surface area contributed by atoms with Crippen LogP contribution in [-0.2, 0) is 0 Å². The average Bonchev–Trinajstić information content (AvgIpc) is 2.28. The van der Waals surface area contributed by atoms with Crippen molar-refractivity contribution >= 4 is 21.8 Å². The summed E-state index contributed by atoms with van der Waals surface area (Å²) in [4.78, 5) is 18.5. The third-order valence-corrected chi connectivity index (χ3v) is 3.84. The molecule has 0 spiro atoms. The van der Waals surface area contributed by atoms with E-state index in [4.69, 9.17) is 0 Å². The molecule has 0 N–H and O–H groups in total. The fourth-order valence-corrected chi connectivity index (χ4v) is 2.87. The van der Waals surface area contributed by atoms with E-state index in [0.29, 0.717) is 22.3 Å².